The van der Waals surface area contributed by atoms with Gasteiger partial charge in [0.05, 0.1) is 28.4 Å². The van der Waals surface area contributed by atoms with Gasteiger partial charge in [-0.3, -0.25) is 9.44 Å². The summed E-state index contributed by atoms with van der Waals surface area (Å²) in [5.41, 5.74) is 0.835. The van der Waals surface area contributed by atoms with Crippen molar-refractivity contribution in [2.75, 3.05) is 34.5 Å². The van der Waals surface area contributed by atoms with Crippen LogP contribution in [0.15, 0.2) is 70.5 Å². The molecule has 1 aliphatic heterocycles. The Bertz CT molecular complexity index is 1460. The summed E-state index contributed by atoms with van der Waals surface area (Å²) in [7, 11) is -6.76. The van der Waals surface area contributed by atoms with Gasteiger partial charge in [0.25, 0.3) is 20.0 Å². The summed E-state index contributed by atoms with van der Waals surface area (Å²) in [5, 5.41) is -0.342. The second-order valence-electron chi connectivity index (χ2n) is 8.25. The van der Waals surface area contributed by atoms with Gasteiger partial charge >= 0.3 is 0 Å². The Labute approximate surface area is 215 Å². The summed E-state index contributed by atoms with van der Waals surface area (Å²) < 4.78 is 76.3. The zero-order valence-electron chi connectivity index (χ0n) is 19.4. The van der Waals surface area contributed by atoms with Crippen LogP contribution in [-0.4, -0.2) is 37.0 Å². The zero-order chi connectivity index (χ0) is 25.9. The van der Waals surface area contributed by atoms with Gasteiger partial charge in [0.15, 0.2) is 0 Å². The van der Waals surface area contributed by atoms with Crippen molar-refractivity contribution in [3.63, 3.8) is 0 Å². The van der Waals surface area contributed by atoms with Gasteiger partial charge in [-0.05, 0) is 79.9 Å². The van der Waals surface area contributed by atoms with Crippen molar-refractivity contribution in [3.8, 4) is 5.75 Å². The quantitative estimate of drug-likeness (QED) is 0.403. The number of hydrogen-bond acceptors (Lipinski definition) is 6. The number of piperidine rings is 1. The molecule has 36 heavy (non-hydrogen) atoms. The monoisotopic (exact) mass is 553 g/mol. The first-order valence-electron chi connectivity index (χ1n) is 11.1. The Morgan fingerprint density at radius 1 is 0.833 bits per heavy atom. The fourth-order valence-corrected chi connectivity index (χ4v) is 6.55. The fraction of sp³-hybridized carbons (Fsp3) is 0.250. The first-order chi connectivity index (χ1) is 17.1. The molecule has 0 radical (unpaired) electrons. The van der Waals surface area contributed by atoms with Gasteiger partial charge < -0.3 is 9.64 Å². The molecule has 192 valence electrons. The summed E-state index contributed by atoms with van der Waals surface area (Å²) in [6, 6.07) is 13.8. The van der Waals surface area contributed by atoms with Crippen LogP contribution in [0.5, 0.6) is 5.75 Å². The molecule has 0 unspecified atom stereocenters. The van der Waals surface area contributed by atoms with Crippen LogP contribution in [0.4, 0.5) is 21.5 Å². The van der Waals surface area contributed by atoms with E-state index in [9.17, 15) is 21.2 Å². The lowest BCUT2D eigenvalue weighted by Crippen LogP contribution is -2.31. The summed E-state index contributed by atoms with van der Waals surface area (Å²) in [6.45, 7) is 1.37. The Kier molecular flexibility index (Phi) is 7.62. The molecule has 0 aromatic heterocycles. The number of nitrogens with zero attached hydrogens (tertiary/aromatic N) is 1. The highest BCUT2D eigenvalue weighted by Crippen LogP contribution is 2.33. The average Bonchev–Trinajstić information content (AvgIpc) is 2.86. The number of methoxy groups -OCH3 is 1. The van der Waals surface area contributed by atoms with Crippen LogP contribution >= 0.6 is 11.6 Å². The molecule has 0 saturated carbocycles. The number of halogens is 2. The van der Waals surface area contributed by atoms with Crippen LogP contribution in [0.25, 0.3) is 0 Å². The molecular weight excluding hydrogens is 529 g/mol. The second-order valence-corrected chi connectivity index (χ2v) is 12.0. The standard InChI is InChI=1S/C24H25ClFN3O5S2/c1-34-19-8-5-17(6-9-19)27-36(32,33)24-15-18(7-12-23(24)29-13-3-2-4-14-29)28-35(30,31)20-10-11-22(26)21(25)16-20/h5-12,15-16,27-28H,2-4,13-14H2,1H3. The molecule has 3 aromatic carbocycles. The maximum atomic E-state index is 13.5. The van der Waals surface area contributed by atoms with E-state index < -0.39 is 25.9 Å². The van der Waals surface area contributed by atoms with Gasteiger partial charge in [-0.25, -0.2) is 21.2 Å². The number of rotatable bonds is 8. The number of nitrogens with one attached hydrogen (secondary N) is 2. The Hall–Kier alpha value is -3.02. The summed E-state index contributed by atoms with van der Waals surface area (Å²) in [6.07, 6.45) is 2.90. The van der Waals surface area contributed by atoms with Gasteiger partial charge in [-0.15, -0.1) is 0 Å². The third-order valence-electron chi connectivity index (χ3n) is 5.74. The van der Waals surface area contributed by atoms with E-state index in [2.05, 4.69) is 9.44 Å². The minimum absolute atomic E-state index is 0.0336. The molecule has 0 spiro atoms. The van der Waals surface area contributed by atoms with Crippen molar-refractivity contribution >= 4 is 48.7 Å². The first kappa shape index (κ1) is 26.1. The van der Waals surface area contributed by atoms with Crippen LogP contribution in [0.1, 0.15) is 19.3 Å². The smallest absolute Gasteiger partial charge is 0.264 e. The highest BCUT2D eigenvalue weighted by atomic mass is 35.5. The lowest BCUT2D eigenvalue weighted by Gasteiger charge is -2.30. The van der Waals surface area contributed by atoms with Crippen LogP contribution in [-0.2, 0) is 20.0 Å². The molecule has 1 heterocycles. The van der Waals surface area contributed by atoms with E-state index in [1.165, 1.54) is 19.2 Å². The molecular formula is C24H25ClFN3O5S2. The van der Waals surface area contributed by atoms with Gasteiger partial charge in [0, 0.05) is 18.8 Å². The largest absolute Gasteiger partial charge is 0.497 e. The molecule has 8 nitrogen and oxygen atoms in total. The summed E-state index contributed by atoms with van der Waals surface area (Å²) in [4.78, 5) is 1.65. The van der Waals surface area contributed by atoms with Crippen LogP contribution in [0.2, 0.25) is 5.02 Å². The Morgan fingerprint density at radius 3 is 2.11 bits per heavy atom. The predicted octanol–water partition coefficient (Wildman–Crippen LogP) is 5.08. The van der Waals surface area contributed by atoms with E-state index in [1.807, 2.05) is 4.90 Å². The summed E-state index contributed by atoms with van der Waals surface area (Å²) in [5.74, 6) is -0.177. The molecule has 0 amide bonds. The van der Waals surface area contributed by atoms with Crippen molar-refractivity contribution in [2.24, 2.45) is 0 Å². The van der Waals surface area contributed by atoms with E-state index >= 15 is 0 Å². The van der Waals surface area contributed by atoms with Crippen molar-refractivity contribution in [1.82, 2.24) is 0 Å². The van der Waals surface area contributed by atoms with E-state index in [1.54, 1.807) is 30.3 Å². The molecule has 4 rings (SSSR count). The van der Waals surface area contributed by atoms with Gasteiger partial charge in [-0.2, -0.15) is 0 Å². The number of sulfonamides is 2. The maximum absolute atomic E-state index is 13.5. The Balaban J connectivity index is 1.71. The zero-order valence-corrected chi connectivity index (χ0v) is 21.8. The SMILES string of the molecule is COc1ccc(NS(=O)(=O)c2cc(NS(=O)(=O)c3ccc(F)c(Cl)c3)ccc2N2CCCCC2)cc1. The molecule has 0 aliphatic carbocycles. The maximum Gasteiger partial charge on any atom is 0.264 e. The number of benzene rings is 3. The third-order valence-corrected chi connectivity index (χ3v) is 8.82. The van der Waals surface area contributed by atoms with E-state index in [-0.39, 0.29) is 20.5 Å². The van der Waals surface area contributed by atoms with E-state index in [0.29, 0.717) is 30.2 Å². The normalized spacial score (nSPS) is 14.4. The minimum atomic E-state index is -4.16. The molecule has 0 atom stereocenters. The first-order valence-corrected chi connectivity index (χ1v) is 14.5. The summed E-state index contributed by atoms with van der Waals surface area (Å²) >= 11 is 5.74. The van der Waals surface area contributed by atoms with Gasteiger partial charge in [-0.1, -0.05) is 11.6 Å². The predicted molar refractivity (Wildman–Crippen MR) is 139 cm³/mol. The lowest BCUT2D eigenvalue weighted by atomic mass is 10.1. The molecule has 1 aliphatic rings. The highest BCUT2D eigenvalue weighted by Gasteiger charge is 2.25. The van der Waals surface area contributed by atoms with E-state index in [0.717, 1.165) is 37.5 Å². The highest BCUT2D eigenvalue weighted by molar-refractivity contribution is 7.93. The Morgan fingerprint density at radius 2 is 1.47 bits per heavy atom. The van der Waals surface area contributed by atoms with Crippen molar-refractivity contribution in [3.05, 3.63) is 71.5 Å². The molecule has 1 saturated heterocycles. The molecule has 3 aromatic rings. The third kappa shape index (κ3) is 5.85. The van der Waals surface area contributed by atoms with E-state index in [4.69, 9.17) is 16.3 Å². The van der Waals surface area contributed by atoms with Crippen LogP contribution in [0, 0.1) is 5.82 Å². The topological polar surface area (TPSA) is 105 Å². The van der Waals surface area contributed by atoms with Crippen molar-refractivity contribution in [2.45, 2.75) is 29.1 Å². The average molecular weight is 554 g/mol. The minimum Gasteiger partial charge on any atom is -0.497 e. The van der Waals surface area contributed by atoms with Crippen molar-refractivity contribution in [1.29, 1.82) is 0 Å². The van der Waals surface area contributed by atoms with Crippen molar-refractivity contribution < 1.29 is 26.0 Å². The molecule has 0 bridgehead atoms. The number of anilines is 3. The van der Waals surface area contributed by atoms with Gasteiger partial charge in [0.2, 0.25) is 0 Å². The molecule has 12 heteroatoms. The van der Waals surface area contributed by atoms with Crippen LogP contribution in [0.3, 0.4) is 0 Å². The second kappa shape index (κ2) is 10.5. The number of hydrogen-bond donors (Lipinski definition) is 2. The lowest BCUT2D eigenvalue weighted by molar-refractivity contribution is 0.415. The fourth-order valence-electron chi connectivity index (χ4n) is 3.92. The number of ether oxygens (including phenoxy) is 1. The van der Waals surface area contributed by atoms with Gasteiger partial charge in [0.1, 0.15) is 16.5 Å². The molecule has 2 N–H and O–H groups in total. The molecule has 1 fully saturated rings. The van der Waals surface area contributed by atoms with Crippen LogP contribution < -0.4 is 19.1 Å².